The van der Waals surface area contributed by atoms with Crippen molar-refractivity contribution in [1.29, 1.82) is 0 Å². The van der Waals surface area contributed by atoms with Gasteiger partial charge in [0.1, 0.15) is 6.54 Å². The van der Waals surface area contributed by atoms with Crippen molar-refractivity contribution >= 4 is 11.3 Å². The molecule has 10 heteroatoms. The van der Waals surface area contributed by atoms with Crippen molar-refractivity contribution < 1.29 is 17.9 Å². The lowest BCUT2D eigenvalue weighted by Gasteiger charge is -2.28. The number of imidazole rings is 1. The third-order valence-electron chi connectivity index (χ3n) is 4.27. The van der Waals surface area contributed by atoms with Crippen LogP contribution in [0.5, 0.6) is 0 Å². The van der Waals surface area contributed by atoms with Gasteiger partial charge in [-0.3, -0.25) is 4.68 Å². The van der Waals surface area contributed by atoms with E-state index < -0.39 is 12.7 Å². The van der Waals surface area contributed by atoms with E-state index in [4.69, 9.17) is 4.74 Å². The number of halogens is 3. The largest absolute Gasteiger partial charge is 0.408 e. The molecule has 0 radical (unpaired) electrons. The van der Waals surface area contributed by atoms with E-state index in [0.29, 0.717) is 35.8 Å². The second-order valence-corrected chi connectivity index (χ2v) is 6.14. The molecule has 7 nitrogen and oxygen atoms in total. The Morgan fingerprint density at radius 1 is 1.19 bits per heavy atom. The van der Waals surface area contributed by atoms with Gasteiger partial charge >= 0.3 is 6.18 Å². The highest BCUT2D eigenvalue weighted by atomic mass is 19.4. The van der Waals surface area contributed by atoms with Crippen LogP contribution < -0.4 is 4.90 Å². The Balaban J connectivity index is 1.75. The van der Waals surface area contributed by atoms with Gasteiger partial charge in [-0.05, 0) is 13.0 Å². The van der Waals surface area contributed by atoms with Gasteiger partial charge < -0.3 is 9.64 Å². The minimum Gasteiger partial charge on any atom is -0.378 e. The number of rotatable bonds is 3. The number of hydrogen-bond donors (Lipinski definition) is 0. The standard InChI is InChI=1S/C16H17F3N6O/c1-11-14(12-8-21-24(9-12)10-16(17,18)19)25-15(22-11)13(2-3-20-25)23-4-6-26-7-5-23/h2-3,8-9H,4-7,10H2,1H3. The van der Waals surface area contributed by atoms with Crippen molar-refractivity contribution in [2.45, 2.75) is 19.6 Å². The molecule has 4 heterocycles. The van der Waals surface area contributed by atoms with Crippen LogP contribution in [0.3, 0.4) is 0 Å². The summed E-state index contributed by atoms with van der Waals surface area (Å²) in [5.41, 5.74) is 3.48. The van der Waals surface area contributed by atoms with Gasteiger partial charge in [0.2, 0.25) is 0 Å². The zero-order chi connectivity index (χ0) is 18.3. The van der Waals surface area contributed by atoms with Gasteiger partial charge in [-0.25, -0.2) is 9.50 Å². The molecular formula is C16H17F3N6O. The maximum Gasteiger partial charge on any atom is 0.408 e. The summed E-state index contributed by atoms with van der Waals surface area (Å²) in [5.74, 6) is 0. The van der Waals surface area contributed by atoms with Gasteiger partial charge in [0.15, 0.2) is 5.65 Å². The van der Waals surface area contributed by atoms with Gasteiger partial charge in [-0.1, -0.05) is 0 Å². The minimum atomic E-state index is -4.32. The van der Waals surface area contributed by atoms with Crippen molar-refractivity contribution in [2.24, 2.45) is 0 Å². The maximum absolute atomic E-state index is 12.6. The molecule has 0 aromatic carbocycles. The van der Waals surface area contributed by atoms with E-state index in [1.54, 1.807) is 10.7 Å². The van der Waals surface area contributed by atoms with Crippen LogP contribution in [-0.2, 0) is 11.3 Å². The number of anilines is 1. The molecule has 138 valence electrons. The molecule has 0 aliphatic carbocycles. The summed E-state index contributed by atoms with van der Waals surface area (Å²) in [6.45, 7) is 3.48. The molecule has 0 amide bonds. The highest BCUT2D eigenvalue weighted by molar-refractivity contribution is 5.74. The molecule has 1 fully saturated rings. The van der Waals surface area contributed by atoms with Gasteiger partial charge in [0.05, 0.1) is 42.7 Å². The summed E-state index contributed by atoms with van der Waals surface area (Å²) in [5, 5.41) is 8.17. The third-order valence-corrected chi connectivity index (χ3v) is 4.27. The molecule has 3 aromatic heterocycles. The van der Waals surface area contributed by atoms with Crippen molar-refractivity contribution in [3.8, 4) is 11.3 Å². The Bertz CT molecular complexity index is 926. The summed E-state index contributed by atoms with van der Waals surface area (Å²) >= 11 is 0. The maximum atomic E-state index is 12.6. The Hall–Kier alpha value is -2.62. The molecule has 0 unspecified atom stereocenters. The molecule has 0 atom stereocenters. The molecule has 3 aromatic rings. The SMILES string of the molecule is Cc1nc2c(N3CCOCC3)ccnn2c1-c1cnn(CC(F)(F)F)c1. The normalized spacial score (nSPS) is 15.8. The van der Waals surface area contributed by atoms with E-state index in [1.165, 1.54) is 12.4 Å². The molecule has 1 aliphatic rings. The molecule has 1 saturated heterocycles. The summed E-state index contributed by atoms with van der Waals surface area (Å²) in [6, 6.07) is 1.89. The predicted octanol–water partition coefficient (Wildman–Crippen LogP) is 2.30. The number of hydrogen-bond acceptors (Lipinski definition) is 5. The fraction of sp³-hybridized carbons (Fsp3) is 0.438. The predicted molar refractivity (Wildman–Crippen MR) is 88.0 cm³/mol. The Morgan fingerprint density at radius 3 is 2.69 bits per heavy atom. The number of alkyl halides is 3. The molecule has 0 bridgehead atoms. The van der Waals surface area contributed by atoms with Crippen LogP contribution in [0, 0.1) is 6.92 Å². The number of aromatic nitrogens is 5. The highest BCUT2D eigenvalue weighted by Gasteiger charge is 2.29. The van der Waals surface area contributed by atoms with Crippen LogP contribution in [0.25, 0.3) is 16.9 Å². The number of ether oxygens (including phenoxy) is 1. The first-order valence-electron chi connectivity index (χ1n) is 8.19. The van der Waals surface area contributed by atoms with E-state index in [-0.39, 0.29) is 0 Å². The molecule has 0 saturated carbocycles. The van der Waals surface area contributed by atoms with Crippen molar-refractivity contribution in [3.05, 3.63) is 30.4 Å². The summed E-state index contributed by atoms with van der Waals surface area (Å²) < 4.78 is 45.7. The molecule has 4 rings (SSSR count). The smallest absolute Gasteiger partial charge is 0.378 e. The first kappa shape index (κ1) is 16.8. The number of morpholine rings is 1. The van der Waals surface area contributed by atoms with Gasteiger partial charge in [-0.2, -0.15) is 23.4 Å². The quantitative estimate of drug-likeness (QED) is 0.712. The minimum absolute atomic E-state index is 0.547. The van der Waals surface area contributed by atoms with E-state index in [9.17, 15) is 13.2 Å². The molecular weight excluding hydrogens is 349 g/mol. The fourth-order valence-electron chi connectivity index (χ4n) is 3.18. The van der Waals surface area contributed by atoms with E-state index in [2.05, 4.69) is 20.1 Å². The zero-order valence-corrected chi connectivity index (χ0v) is 14.1. The Morgan fingerprint density at radius 2 is 1.96 bits per heavy atom. The lowest BCUT2D eigenvalue weighted by atomic mass is 10.2. The number of aryl methyl sites for hydroxylation is 1. The summed E-state index contributed by atoms with van der Waals surface area (Å²) in [6.07, 6.45) is 0.125. The molecule has 0 N–H and O–H groups in total. The van der Waals surface area contributed by atoms with Crippen LogP contribution in [0.2, 0.25) is 0 Å². The lowest BCUT2D eigenvalue weighted by Crippen LogP contribution is -2.36. The average molecular weight is 366 g/mol. The van der Waals surface area contributed by atoms with Gasteiger partial charge in [0.25, 0.3) is 0 Å². The molecule has 26 heavy (non-hydrogen) atoms. The van der Waals surface area contributed by atoms with Gasteiger partial charge in [-0.15, -0.1) is 0 Å². The number of nitrogens with zero attached hydrogens (tertiary/aromatic N) is 6. The monoisotopic (exact) mass is 366 g/mol. The van der Waals surface area contributed by atoms with E-state index in [0.717, 1.165) is 23.5 Å². The number of fused-ring (bicyclic) bond motifs is 1. The zero-order valence-electron chi connectivity index (χ0n) is 14.1. The van der Waals surface area contributed by atoms with Crippen molar-refractivity contribution in [1.82, 2.24) is 24.4 Å². The average Bonchev–Trinajstić information content (AvgIpc) is 3.16. The Labute approximate surface area is 147 Å². The topological polar surface area (TPSA) is 60.5 Å². The molecule has 0 spiro atoms. The second-order valence-electron chi connectivity index (χ2n) is 6.14. The van der Waals surface area contributed by atoms with E-state index >= 15 is 0 Å². The van der Waals surface area contributed by atoms with Gasteiger partial charge in [0, 0.05) is 24.8 Å². The lowest BCUT2D eigenvalue weighted by molar-refractivity contribution is -0.142. The van der Waals surface area contributed by atoms with Crippen LogP contribution in [0.15, 0.2) is 24.7 Å². The van der Waals surface area contributed by atoms with Crippen LogP contribution in [0.4, 0.5) is 18.9 Å². The first-order valence-corrected chi connectivity index (χ1v) is 8.19. The van der Waals surface area contributed by atoms with Crippen molar-refractivity contribution in [3.63, 3.8) is 0 Å². The Kier molecular flexibility index (Phi) is 4.06. The summed E-state index contributed by atoms with van der Waals surface area (Å²) in [4.78, 5) is 6.78. The van der Waals surface area contributed by atoms with Crippen LogP contribution in [0.1, 0.15) is 5.69 Å². The van der Waals surface area contributed by atoms with E-state index in [1.807, 2.05) is 13.0 Å². The fourth-order valence-corrected chi connectivity index (χ4v) is 3.18. The van der Waals surface area contributed by atoms with Crippen LogP contribution >= 0.6 is 0 Å². The van der Waals surface area contributed by atoms with Crippen molar-refractivity contribution in [2.75, 3.05) is 31.2 Å². The third kappa shape index (κ3) is 3.12. The first-order chi connectivity index (χ1) is 12.4. The molecule has 1 aliphatic heterocycles. The second kappa shape index (κ2) is 6.27. The highest BCUT2D eigenvalue weighted by Crippen LogP contribution is 2.29. The van der Waals surface area contributed by atoms with Crippen LogP contribution in [-0.4, -0.2) is 56.9 Å². The summed E-state index contributed by atoms with van der Waals surface area (Å²) in [7, 11) is 0.